The number of benzene rings is 2. The molecule has 0 radical (unpaired) electrons. The predicted molar refractivity (Wildman–Crippen MR) is 129 cm³/mol. The average Bonchev–Trinajstić information content (AvgIpc) is 3.27. The van der Waals surface area contributed by atoms with Crippen LogP contribution in [0.1, 0.15) is 45.1 Å². The molecule has 1 atom stereocenters. The third-order valence-corrected chi connectivity index (χ3v) is 5.51. The highest BCUT2D eigenvalue weighted by atomic mass is 16.5. The first-order chi connectivity index (χ1) is 17.0. The molecule has 10 heteroatoms. The minimum absolute atomic E-state index is 0.227. The molecule has 0 aliphatic heterocycles. The van der Waals surface area contributed by atoms with Crippen LogP contribution in [0.4, 0.5) is 5.69 Å². The first-order valence-electron chi connectivity index (χ1n) is 10.9. The molecule has 4 aromatic rings. The minimum Gasteiger partial charge on any atom is -0.465 e. The molecular weight excluding hydrogens is 446 g/mol. The summed E-state index contributed by atoms with van der Waals surface area (Å²) in [6, 6.07) is 15.7. The van der Waals surface area contributed by atoms with Crippen LogP contribution in [0.25, 0.3) is 11.5 Å². The molecule has 178 valence electrons. The number of rotatable bonds is 8. The van der Waals surface area contributed by atoms with Crippen molar-refractivity contribution in [1.29, 1.82) is 0 Å². The first kappa shape index (κ1) is 23.6. The zero-order chi connectivity index (χ0) is 24.8. The Kier molecular flexibility index (Phi) is 7.10. The van der Waals surface area contributed by atoms with Gasteiger partial charge in [-0.05, 0) is 48.9 Å². The van der Waals surface area contributed by atoms with Crippen molar-refractivity contribution in [3.8, 4) is 11.5 Å². The number of methoxy groups -OCH3 is 1. The van der Waals surface area contributed by atoms with Crippen molar-refractivity contribution in [3.05, 3.63) is 89.6 Å². The Morgan fingerprint density at radius 3 is 2.63 bits per heavy atom. The normalized spacial score (nSPS) is 11.5. The van der Waals surface area contributed by atoms with E-state index in [-0.39, 0.29) is 11.9 Å². The van der Waals surface area contributed by atoms with E-state index in [0.29, 0.717) is 35.0 Å². The largest absolute Gasteiger partial charge is 0.465 e. The Morgan fingerprint density at radius 1 is 1.06 bits per heavy atom. The van der Waals surface area contributed by atoms with Crippen LogP contribution in [0, 0.1) is 0 Å². The van der Waals surface area contributed by atoms with Crippen LogP contribution in [0.5, 0.6) is 0 Å². The summed E-state index contributed by atoms with van der Waals surface area (Å²) in [5, 5.41) is 14.7. The number of nitrogens with zero attached hydrogens (tertiary/aromatic N) is 5. The molecule has 1 amide bonds. The van der Waals surface area contributed by atoms with E-state index in [0.717, 1.165) is 11.3 Å². The van der Waals surface area contributed by atoms with E-state index in [9.17, 15) is 9.59 Å². The average molecular weight is 472 g/mol. The summed E-state index contributed by atoms with van der Waals surface area (Å²) >= 11 is 0. The molecule has 0 aliphatic rings. The van der Waals surface area contributed by atoms with Crippen molar-refractivity contribution >= 4 is 17.6 Å². The highest BCUT2D eigenvalue weighted by Crippen LogP contribution is 2.18. The number of carbonyl (C=O) groups is 2. The molecule has 2 N–H and O–H groups in total. The molecule has 2 aromatic carbocycles. The van der Waals surface area contributed by atoms with Crippen molar-refractivity contribution < 1.29 is 14.3 Å². The second-order valence-corrected chi connectivity index (χ2v) is 7.84. The number of anilines is 1. The number of carbonyl (C=O) groups excluding carboxylic acids is 2. The summed E-state index contributed by atoms with van der Waals surface area (Å²) in [5.41, 5.74) is 3.20. The van der Waals surface area contributed by atoms with Gasteiger partial charge in [-0.3, -0.25) is 4.79 Å². The van der Waals surface area contributed by atoms with Gasteiger partial charge in [-0.2, -0.15) is 0 Å². The molecule has 0 fully saturated rings. The molecule has 0 saturated heterocycles. The summed E-state index contributed by atoms with van der Waals surface area (Å²) < 4.78 is 6.63. The summed E-state index contributed by atoms with van der Waals surface area (Å²) in [5.74, 6) is 0.709. The molecule has 2 aromatic heterocycles. The van der Waals surface area contributed by atoms with Crippen LogP contribution in [-0.2, 0) is 18.3 Å². The number of ether oxygens (including phenoxy) is 1. The predicted octanol–water partition coefficient (Wildman–Crippen LogP) is 3.16. The zero-order valence-electron chi connectivity index (χ0n) is 19.6. The lowest BCUT2D eigenvalue weighted by Gasteiger charge is -2.16. The molecule has 0 bridgehead atoms. The van der Waals surface area contributed by atoms with Crippen LogP contribution in [0.2, 0.25) is 0 Å². The van der Waals surface area contributed by atoms with Crippen LogP contribution in [-0.4, -0.2) is 43.7 Å². The number of amides is 1. The van der Waals surface area contributed by atoms with Gasteiger partial charge in [0, 0.05) is 24.5 Å². The third kappa shape index (κ3) is 5.49. The van der Waals surface area contributed by atoms with Crippen molar-refractivity contribution in [3.63, 3.8) is 0 Å². The second kappa shape index (κ2) is 10.6. The Balaban J connectivity index is 1.41. The lowest BCUT2D eigenvalue weighted by molar-refractivity contribution is 0.0600. The van der Waals surface area contributed by atoms with E-state index in [1.807, 2.05) is 36.7 Å². The first-order valence-corrected chi connectivity index (χ1v) is 10.9. The number of nitrogens with one attached hydrogen (secondary N) is 2. The van der Waals surface area contributed by atoms with E-state index >= 15 is 0 Å². The van der Waals surface area contributed by atoms with Crippen LogP contribution < -0.4 is 10.6 Å². The Hall–Kier alpha value is -4.60. The molecule has 0 spiro atoms. The van der Waals surface area contributed by atoms with Gasteiger partial charge >= 0.3 is 5.97 Å². The Labute approximate surface area is 202 Å². The Morgan fingerprint density at radius 2 is 1.86 bits per heavy atom. The molecular formula is C25H25N7O3. The van der Waals surface area contributed by atoms with E-state index in [1.165, 1.54) is 13.4 Å². The minimum atomic E-state index is -0.420. The zero-order valence-corrected chi connectivity index (χ0v) is 19.6. The van der Waals surface area contributed by atoms with Crippen molar-refractivity contribution in [2.24, 2.45) is 7.05 Å². The van der Waals surface area contributed by atoms with Crippen LogP contribution >= 0.6 is 0 Å². The summed E-state index contributed by atoms with van der Waals surface area (Å²) in [4.78, 5) is 32.8. The van der Waals surface area contributed by atoms with Gasteiger partial charge in [0.05, 0.1) is 25.3 Å². The molecule has 0 aliphatic carbocycles. The Bertz CT molecular complexity index is 1340. The van der Waals surface area contributed by atoms with Crippen molar-refractivity contribution in [2.75, 3.05) is 12.4 Å². The van der Waals surface area contributed by atoms with Crippen LogP contribution in [0.3, 0.4) is 0 Å². The molecule has 0 saturated carbocycles. The lowest BCUT2D eigenvalue weighted by atomic mass is 10.0. The summed E-state index contributed by atoms with van der Waals surface area (Å²) in [7, 11) is 3.21. The van der Waals surface area contributed by atoms with Crippen molar-refractivity contribution in [2.45, 2.75) is 19.5 Å². The van der Waals surface area contributed by atoms with Gasteiger partial charge in [0.2, 0.25) is 0 Å². The lowest BCUT2D eigenvalue weighted by Crippen LogP contribution is -2.26. The number of aromatic nitrogens is 5. The molecule has 2 heterocycles. The van der Waals surface area contributed by atoms with Gasteiger partial charge in [0.25, 0.3) is 5.91 Å². The number of hydrogen-bond acceptors (Lipinski definition) is 8. The van der Waals surface area contributed by atoms with E-state index in [4.69, 9.17) is 4.74 Å². The summed E-state index contributed by atoms with van der Waals surface area (Å²) in [6.45, 7) is 2.27. The number of hydrogen-bond donors (Lipinski definition) is 2. The second-order valence-electron chi connectivity index (χ2n) is 7.84. The van der Waals surface area contributed by atoms with Gasteiger partial charge in [-0.1, -0.05) is 18.2 Å². The van der Waals surface area contributed by atoms with E-state index < -0.39 is 5.97 Å². The van der Waals surface area contributed by atoms with Gasteiger partial charge in [0.15, 0.2) is 11.6 Å². The maximum absolute atomic E-state index is 12.9. The maximum Gasteiger partial charge on any atom is 0.337 e. The van der Waals surface area contributed by atoms with Gasteiger partial charge in [0.1, 0.15) is 12.0 Å². The quantitative estimate of drug-likeness (QED) is 0.376. The van der Waals surface area contributed by atoms with Crippen LogP contribution in [0.15, 0.2) is 67.1 Å². The van der Waals surface area contributed by atoms with Gasteiger partial charge in [-0.15, -0.1) is 10.2 Å². The monoisotopic (exact) mass is 471 g/mol. The maximum atomic E-state index is 12.9. The van der Waals surface area contributed by atoms with Gasteiger partial charge < -0.3 is 19.9 Å². The number of esters is 1. The summed E-state index contributed by atoms with van der Waals surface area (Å²) in [6.07, 6.45) is 3.12. The van der Waals surface area contributed by atoms with Gasteiger partial charge in [-0.25, -0.2) is 14.8 Å². The third-order valence-electron chi connectivity index (χ3n) is 5.51. The van der Waals surface area contributed by atoms with Crippen molar-refractivity contribution in [1.82, 2.24) is 30.0 Å². The molecule has 35 heavy (non-hydrogen) atoms. The fraction of sp³-hybridized carbons (Fsp3) is 0.200. The fourth-order valence-electron chi connectivity index (χ4n) is 3.53. The molecule has 10 nitrogen and oxygen atoms in total. The highest BCUT2D eigenvalue weighted by molar-refractivity contribution is 5.95. The highest BCUT2D eigenvalue weighted by Gasteiger charge is 2.15. The van der Waals surface area contributed by atoms with E-state index in [1.54, 1.807) is 42.6 Å². The smallest absolute Gasteiger partial charge is 0.337 e. The molecule has 4 rings (SSSR count). The fourth-order valence-corrected chi connectivity index (χ4v) is 3.53. The van der Waals surface area contributed by atoms with E-state index in [2.05, 4.69) is 30.8 Å². The SMILES string of the molecule is COC(=O)c1cccc([C@@H](C)NC(=O)c2cccc(NCc3nnc(-c4ccncn4)n3C)c2)c1. The molecule has 0 unspecified atom stereocenters. The standard InChI is InChI=1S/C25H25N7O3/c1-16(17-6-4-8-19(12-17)25(34)35-3)29-24(33)18-7-5-9-20(13-18)27-14-22-30-31-23(32(22)2)21-10-11-26-15-28-21/h4-13,15-16,27H,14H2,1-3H3,(H,29,33)/t16-/m1/s1. The topological polar surface area (TPSA) is 124 Å².